The van der Waals surface area contributed by atoms with Crippen molar-refractivity contribution in [2.45, 2.75) is 26.8 Å². The van der Waals surface area contributed by atoms with Gasteiger partial charge in [-0.05, 0) is 32.3 Å². The third-order valence-electron chi connectivity index (χ3n) is 5.86. The fourth-order valence-electron chi connectivity index (χ4n) is 4.27. The van der Waals surface area contributed by atoms with Crippen molar-refractivity contribution in [3.63, 3.8) is 0 Å². The third kappa shape index (κ3) is 5.44. The fraction of sp³-hybridized carbons (Fsp3) is 0.591. The number of fused-ring (bicyclic) bond motifs is 1. The minimum atomic E-state index is 0. The molecule has 0 saturated carbocycles. The van der Waals surface area contributed by atoms with E-state index in [9.17, 15) is 0 Å². The summed E-state index contributed by atoms with van der Waals surface area (Å²) in [5, 5.41) is 4.66. The number of furan rings is 1. The molecular weight excluding hydrogens is 479 g/mol. The van der Waals surface area contributed by atoms with E-state index >= 15 is 0 Å². The molecule has 2 saturated heterocycles. The molecule has 6 nitrogen and oxygen atoms in total. The average molecular weight is 512 g/mol. The highest BCUT2D eigenvalue weighted by Crippen LogP contribution is 2.25. The second-order valence-corrected chi connectivity index (χ2v) is 7.83. The highest BCUT2D eigenvalue weighted by atomic mass is 127. The van der Waals surface area contributed by atoms with Crippen molar-refractivity contribution >= 4 is 40.9 Å². The van der Waals surface area contributed by atoms with Crippen LogP contribution in [0.1, 0.15) is 24.7 Å². The molecule has 0 bridgehead atoms. The van der Waals surface area contributed by atoms with E-state index in [4.69, 9.17) is 14.1 Å². The Morgan fingerprint density at radius 2 is 2.00 bits per heavy atom. The number of nitrogens with zero attached hydrogens (tertiary/aromatic N) is 3. The van der Waals surface area contributed by atoms with Crippen LogP contribution < -0.4 is 5.32 Å². The molecule has 1 atom stereocenters. The van der Waals surface area contributed by atoms with Gasteiger partial charge >= 0.3 is 0 Å². The Morgan fingerprint density at radius 1 is 1.21 bits per heavy atom. The molecule has 2 fully saturated rings. The first-order valence-corrected chi connectivity index (χ1v) is 10.5. The summed E-state index contributed by atoms with van der Waals surface area (Å²) in [5.41, 5.74) is 2.14. The van der Waals surface area contributed by atoms with Crippen molar-refractivity contribution in [3.8, 4) is 0 Å². The molecule has 3 heterocycles. The molecule has 7 heteroatoms. The van der Waals surface area contributed by atoms with Gasteiger partial charge in [-0.15, -0.1) is 24.0 Å². The van der Waals surface area contributed by atoms with Crippen LogP contribution in [0.2, 0.25) is 0 Å². The van der Waals surface area contributed by atoms with Gasteiger partial charge in [0.25, 0.3) is 0 Å². The van der Waals surface area contributed by atoms with Gasteiger partial charge in [0.15, 0.2) is 5.96 Å². The molecule has 1 aromatic carbocycles. The highest BCUT2D eigenvalue weighted by Gasteiger charge is 2.27. The van der Waals surface area contributed by atoms with E-state index in [1.807, 2.05) is 12.1 Å². The van der Waals surface area contributed by atoms with Gasteiger partial charge in [-0.2, -0.15) is 0 Å². The monoisotopic (exact) mass is 512 g/mol. The summed E-state index contributed by atoms with van der Waals surface area (Å²) in [7, 11) is 0. The van der Waals surface area contributed by atoms with Crippen molar-refractivity contribution in [2.75, 3.05) is 52.5 Å². The highest BCUT2D eigenvalue weighted by molar-refractivity contribution is 14.0. The average Bonchev–Trinajstić information content (AvgIpc) is 3.31. The van der Waals surface area contributed by atoms with Crippen molar-refractivity contribution in [1.82, 2.24) is 15.1 Å². The van der Waals surface area contributed by atoms with Gasteiger partial charge in [0, 0.05) is 50.2 Å². The molecule has 29 heavy (non-hydrogen) atoms. The van der Waals surface area contributed by atoms with Crippen LogP contribution >= 0.6 is 24.0 Å². The molecule has 1 N–H and O–H groups in total. The molecule has 2 aliphatic rings. The number of hydrogen-bond acceptors (Lipinski definition) is 4. The zero-order chi connectivity index (χ0) is 19.3. The summed E-state index contributed by atoms with van der Waals surface area (Å²) in [4.78, 5) is 9.86. The van der Waals surface area contributed by atoms with Crippen LogP contribution in [0.5, 0.6) is 0 Å². The Balaban J connectivity index is 0.00000240. The number of para-hydroxylation sites is 1. The lowest BCUT2D eigenvalue weighted by atomic mass is 10.1. The number of ether oxygens (including phenoxy) is 1. The molecule has 1 unspecified atom stereocenters. The number of guanidine groups is 1. The Labute approximate surface area is 190 Å². The number of halogens is 1. The summed E-state index contributed by atoms with van der Waals surface area (Å²) >= 11 is 0. The van der Waals surface area contributed by atoms with Gasteiger partial charge in [0.05, 0.1) is 13.2 Å². The van der Waals surface area contributed by atoms with Gasteiger partial charge < -0.3 is 19.4 Å². The fourth-order valence-corrected chi connectivity index (χ4v) is 4.27. The van der Waals surface area contributed by atoms with E-state index in [1.165, 1.54) is 23.9 Å². The quantitative estimate of drug-likeness (QED) is 0.378. The Bertz CT molecular complexity index is 816. The second-order valence-electron chi connectivity index (χ2n) is 7.83. The van der Waals surface area contributed by atoms with Gasteiger partial charge in [-0.3, -0.25) is 4.90 Å². The lowest BCUT2D eigenvalue weighted by Gasteiger charge is -2.29. The molecule has 2 aliphatic heterocycles. The number of morpholine rings is 1. The first-order chi connectivity index (χ1) is 13.7. The number of nitrogens with one attached hydrogen (secondary N) is 1. The van der Waals surface area contributed by atoms with Crippen molar-refractivity contribution in [1.29, 1.82) is 0 Å². The normalized spacial score (nSPS) is 20.8. The Morgan fingerprint density at radius 3 is 2.76 bits per heavy atom. The SMILES string of the molecule is CCNC(=NCc1oc2ccccc2c1C)N1CCC(CN2CCOCC2)C1.I. The predicted octanol–water partition coefficient (Wildman–Crippen LogP) is 3.48. The Kier molecular flexibility index (Phi) is 8.20. The van der Waals surface area contributed by atoms with Crippen LogP contribution in [-0.2, 0) is 11.3 Å². The lowest BCUT2D eigenvalue weighted by Crippen LogP contribution is -2.42. The van der Waals surface area contributed by atoms with E-state index in [2.05, 4.69) is 41.1 Å². The van der Waals surface area contributed by atoms with Crippen LogP contribution in [0.4, 0.5) is 0 Å². The van der Waals surface area contributed by atoms with Crippen molar-refractivity contribution < 1.29 is 9.15 Å². The number of likely N-dealkylation sites (tertiary alicyclic amines) is 1. The van der Waals surface area contributed by atoms with Gasteiger partial charge in [0.1, 0.15) is 17.9 Å². The van der Waals surface area contributed by atoms with E-state index in [1.54, 1.807) is 0 Å². The topological polar surface area (TPSA) is 53.2 Å². The van der Waals surface area contributed by atoms with Crippen LogP contribution in [0.15, 0.2) is 33.7 Å². The predicted molar refractivity (Wildman–Crippen MR) is 128 cm³/mol. The minimum Gasteiger partial charge on any atom is -0.459 e. The number of benzene rings is 1. The maximum Gasteiger partial charge on any atom is 0.194 e. The third-order valence-corrected chi connectivity index (χ3v) is 5.86. The van der Waals surface area contributed by atoms with Crippen LogP contribution in [0.3, 0.4) is 0 Å². The van der Waals surface area contributed by atoms with E-state index in [0.29, 0.717) is 12.5 Å². The number of aliphatic imine (C=N–C) groups is 1. The summed E-state index contributed by atoms with van der Waals surface area (Å²) in [5.74, 6) is 2.67. The summed E-state index contributed by atoms with van der Waals surface area (Å²) in [6.07, 6.45) is 1.23. The summed E-state index contributed by atoms with van der Waals surface area (Å²) in [6, 6.07) is 8.21. The molecule has 0 aliphatic carbocycles. The first-order valence-electron chi connectivity index (χ1n) is 10.5. The van der Waals surface area contributed by atoms with Crippen LogP contribution in [-0.4, -0.2) is 68.2 Å². The summed E-state index contributed by atoms with van der Waals surface area (Å²) in [6.45, 7) is 12.9. The molecule has 0 spiro atoms. The molecule has 4 rings (SSSR count). The molecule has 1 aromatic heterocycles. The second kappa shape index (κ2) is 10.6. The van der Waals surface area contributed by atoms with Crippen molar-refractivity contribution in [2.24, 2.45) is 10.9 Å². The number of rotatable bonds is 5. The standard InChI is InChI=1S/C22H32N4O2.HI/c1-3-23-22(24-14-21-17(2)19-6-4-5-7-20(19)28-21)26-9-8-18(16-26)15-25-10-12-27-13-11-25;/h4-7,18H,3,8-16H2,1-2H3,(H,23,24);1H. The number of aryl methyl sites for hydroxylation is 1. The lowest BCUT2D eigenvalue weighted by molar-refractivity contribution is 0.0315. The molecule has 0 radical (unpaired) electrons. The zero-order valence-electron chi connectivity index (χ0n) is 17.5. The van der Waals surface area contributed by atoms with E-state index < -0.39 is 0 Å². The van der Waals surface area contributed by atoms with Crippen molar-refractivity contribution in [3.05, 3.63) is 35.6 Å². The summed E-state index contributed by atoms with van der Waals surface area (Å²) < 4.78 is 11.5. The number of hydrogen-bond donors (Lipinski definition) is 1. The molecular formula is C22H33IN4O2. The Hall–Kier alpha value is -1.32. The van der Waals surface area contributed by atoms with Crippen LogP contribution in [0, 0.1) is 12.8 Å². The first kappa shape index (κ1) is 22.4. The minimum absolute atomic E-state index is 0. The molecule has 0 amide bonds. The molecule has 160 valence electrons. The maximum absolute atomic E-state index is 6.04. The van der Waals surface area contributed by atoms with E-state index in [0.717, 1.165) is 63.2 Å². The van der Waals surface area contributed by atoms with E-state index in [-0.39, 0.29) is 24.0 Å². The smallest absolute Gasteiger partial charge is 0.194 e. The van der Waals surface area contributed by atoms with Gasteiger partial charge in [-0.1, -0.05) is 18.2 Å². The van der Waals surface area contributed by atoms with Crippen LogP contribution in [0.25, 0.3) is 11.0 Å². The largest absolute Gasteiger partial charge is 0.459 e. The maximum atomic E-state index is 6.04. The molecule has 2 aromatic rings. The zero-order valence-corrected chi connectivity index (χ0v) is 19.9. The van der Waals surface area contributed by atoms with Gasteiger partial charge in [0.2, 0.25) is 0 Å². The van der Waals surface area contributed by atoms with Gasteiger partial charge in [-0.25, -0.2) is 4.99 Å².